The highest BCUT2D eigenvalue weighted by atomic mass is 16.2. The maximum absolute atomic E-state index is 12.6. The van der Waals surface area contributed by atoms with Crippen LogP contribution in [0.15, 0.2) is 16.9 Å². The maximum Gasteiger partial charge on any atom is 0.270 e. The zero-order chi connectivity index (χ0) is 15.6. The summed E-state index contributed by atoms with van der Waals surface area (Å²) in [5.41, 5.74) is 1.32. The number of aromatic amines is 1. The fourth-order valence-corrected chi connectivity index (χ4v) is 3.13. The third kappa shape index (κ3) is 3.96. The Hall–Kier alpha value is -1.58. The number of aromatic nitrogens is 1. The van der Waals surface area contributed by atoms with Crippen LogP contribution in [0.4, 0.5) is 0 Å². The molecule has 1 aliphatic heterocycles. The van der Waals surface area contributed by atoms with Crippen molar-refractivity contribution in [3.05, 3.63) is 33.7 Å². The normalized spacial score (nSPS) is 20.2. The lowest BCUT2D eigenvalue weighted by Gasteiger charge is -2.29. The number of nitrogens with one attached hydrogen (secondary N) is 1. The van der Waals surface area contributed by atoms with Crippen LogP contribution in [0.25, 0.3) is 0 Å². The number of pyridine rings is 1. The zero-order valence-electron chi connectivity index (χ0n) is 13.5. The minimum absolute atomic E-state index is 0.0506. The SMILES string of the molecule is Cc1cc(=O)cc(C(=O)N2CCC[C@@H](C(C)(C)C)CC2)[nH]1. The molecule has 1 fully saturated rings. The summed E-state index contributed by atoms with van der Waals surface area (Å²) in [5.74, 6) is 0.595. The van der Waals surface area contributed by atoms with Crippen LogP contribution in [-0.4, -0.2) is 28.9 Å². The lowest BCUT2D eigenvalue weighted by Crippen LogP contribution is -2.33. The first kappa shape index (κ1) is 15.8. The highest BCUT2D eigenvalue weighted by molar-refractivity contribution is 5.92. The van der Waals surface area contributed by atoms with Gasteiger partial charge < -0.3 is 9.88 Å². The van der Waals surface area contributed by atoms with E-state index in [0.29, 0.717) is 11.6 Å². The molecule has 0 unspecified atom stereocenters. The molecule has 21 heavy (non-hydrogen) atoms. The highest BCUT2D eigenvalue weighted by Gasteiger charge is 2.28. The van der Waals surface area contributed by atoms with E-state index in [1.807, 2.05) is 4.90 Å². The monoisotopic (exact) mass is 290 g/mol. The average Bonchev–Trinajstić information content (AvgIpc) is 2.61. The van der Waals surface area contributed by atoms with Gasteiger partial charge in [0, 0.05) is 30.9 Å². The van der Waals surface area contributed by atoms with Crippen LogP contribution in [0.1, 0.15) is 56.2 Å². The number of aryl methyl sites for hydroxylation is 1. The van der Waals surface area contributed by atoms with Crippen LogP contribution in [0.3, 0.4) is 0 Å². The van der Waals surface area contributed by atoms with E-state index in [1.165, 1.54) is 12.1 Å². The molecule has 1 atom stereocenters. The van der Waals surface area contributed by atoms with Crippen LogP contribution < -0.4 is 5.43 Å². The van der Waals surface area contributed by atoms with Gasteiger partial charge in [-0.3, -0.25) is 9.59 Å². The Labute approximate surface area is 126 Å². The third-order valence-electron chi connectivity index (χ3n) is 4.45. The number of amides is 1. The van der Waals surface area contributed by atoms with Gasteiger partial charge in [0.15, 0.2) is 5.43 Å². The van der Waals surface area contributed by atoms with Crippen molar-refractivity contribution in [1.29, 1.82) is 0 Å². The summed E-state index contributed by atoms with van der Waals surface area (Å²) < 4.78 is 0. The van der Waals surface area contributed by atoms with Gasteiger partial charge >= 0.3 is 0 Å². The van der Waals surface area contributed by atoms with Gasteiger partial charge in [-0.05, 0) is 37.5 Å². The molecule has 1 saturated heterocycles. The predicted octanol–water partition coefficient (Wildman–Crippen LogP) is 2.97. The molecule has 0 aliphatic carbocycles. The van der Waals surface area contributed by atoms with Crippen LogP contribution in [-0.2, 0) is 0 Å². The summed E-state index contributed by atoms with van der Waals surface area (Å²) in [6, 6.07) is 2.91. The Bertz CT molecular complexity index is 569. The summed E-state index contributed by atoms with van der Waals surface area (Å²) in [6.45, 7) is 10.2. The molecule has 2 rings (SSSR count). The molecule has 4 nitrogen and oxygen atoms in total. The van der Waals surface area contributed by atoms with E-state index < -0.39 is 0 Å². The van der Waals surface area contributed by atoms with E-state index in [-0.39, 0.29) is 16.8 Å². The molecule has 0 bridgehead atoms. The molecule has 1 N–H and O–H groups in total. The Morgan fingerprint density at radius 1 is 1.24 bits per heavy atom. The van der Waals surface area contributed by atoms with Crippen molar-refractivity contribution in [1.82, 2.24) is 9.88 Å². The van der Waals surface area contributed by atoms with Crippen LogP contribution in [0.5, 0.6) is 0 Å². The Kier molecular flexibility index (Phi) is 4.55. The van der Waals surface area contributed by atoms with Crippen LogP contribution in [0, 0.1) is 18.3 Å². The summed E-state index contributed by atoms with van der Waals surface area (Å²) in [5, 5.41) is 0. The zero-order valence-corrected chi connectivity index (χ0v) is 13.5. The number of rotatable bonds is 1. The molecule has 1 aromatic rings. The van der Waals surface area contributed by atoms with Crippen molar-refractivity contribution in [3.8, 4) is 0 Å². The van der Waals surface area contributed by atoms with Crippen molar-refractivity contribution in [3.63, 3.8) is 0 Å². The minimum Gasteiger partial charge on any atom is -0.354 e. The number of hydrogen-bond acceptors (Lipinski definition) is 2. The average molecular weight is 290 g/mol. The van der Waals surface area contributed by atoms with Crippen molar-refractivity contribution in [2.24, 2.45) is 11.3 Å². The van der Waals surface area contributed by atoms with E-state index >= 15 is 0 Å². The van der Waals surface area contributed by atoms with Gasteiger partial charge in [0.2, 0.25) is 0 Å². The Morgan fingerprint density at radius 2 is 1.95 bits per heavy atom. The number of carbonyl (C=O) groups is 1. The van der Waals surface area contributed by atoms with Crippen molar-refractivity contribution < 1.29 is 4.79 Å². The van der Waals surface area contributed by atoms with Gasteiger partial charge in [0.1, 0.15) is 5.69 Å². The second-order valence-corrected chi connectivity index (χ2v) is 7.20. The standard InChI is InChI=1S/C17H26N2O2/c1-12-10-14(20)11-15(18-12)16(21)19-8-5-6-13(7-9-19)17(2,3)4/h10-11,13H,5-9H2,1-4H3,(H,18,20)/t13-/m1/s1. The van der Waals surface area contributed by atoms with Gasteiger partial charge in [0.05, 0.1) is 0 Å². The first-order chi connectivity index (χ1) is 9.77. The van der Waals surface area contributed by atoms with E-state index in [9.17, 15) is 9.59 Å². The molecule has 0 saturated carbocycles. The summed E-state index contributed by atoms with van der Waals surface area (Å²) in [4.78, 5) is 29.0. The highest BCUT2D eigenvalue weighted by Crippen LogP contribution is 2.34. The second-order valence-electron chi connectivity index (χ2n) is 7.20. The molecule has 4 heteroatoms. The van der Waals surface area contributed by atoms with Gasteiger partial charge in [-0.1, -0.05) is 20.8 Å². The number of carbonyl (C=O) groups excluding carboxylic acids is 1. The molecule has 116 valence electrons. The maximum atomic E-state index is 12.6. The molecule has 2 heterocycles. The molecule has 0 radical (unpaired) electrons. The molecular formula is C17H26N2O2. The first-order valence-electron chi connectivity index (χ1n) is 7.77. The van der Waals surface area contributed by atoms with E-state index in [0.717, 1.165) is 38.0 Å². The van der Waals surface area contributed by atoms with Gasteiger partial charge in [-0.15, -0.1) is 0 Å². The number of likely N-dealkylation sites (tertiary alicyclic amines) is 1. The van der Waals surface area contributed by atoms with Crippen LogP contribution in [0.2, 0.25) is 0 Å². The predicted molar refractivity (Wildman–Crippen MR) is 84.5 cm³/mol. The fraction of sp³-hybridized carbons (Fsp3) is 0.647. The minimum atomic E-state index is -0.114. The lowest BCUT2D eigenvalue weighted by atomic mass is 9.77. The third-order valence-corrected chi connectivity index (χ3v) is 4.45. The van der Waals surface area contributed by atoms with Crippen LogP contribution >= 0.6 is 0 Å². The summed E-state index contributed by atoms with van der Waals surface area (Å²) >= 11 is 0. The van der Waals surface area contributed by atoms with Crippen molar-refractivity contribution in [2.45, 2.75) is 47.0 Å². The molecular weight excluding hydrogens is 264 g/mol. The Balaban J connectivity index is 2.12. The molecule has 1 aromatic heterocycles. The summed E-state index contributed by atoms with van der Waals surface area (Å²) in [6.07, 6.45) is 3.23. The fourth-order valence-electron chi connectivity index (χ4n) is 3.13. The molecule has 0 aromatic carbocycles. The van der Waals surface area contributed by atoms with E-state index in [2.05, 4.69) is 25.8 Å². The molecule has 1 aliphatic rings. The van der Waals surface area contributed by atoms with Gasteiger partial charge in [-0.2, -0.15) is 0 Å². The summed E-state index contributed by atoms with van der Waals surface area (Å²) in [7, 11) is 0. The van der Waals surface area contributed by atoms with Gasteiger partial charge in [0.25, 0.3) is 5.91 Å². The smallest absolute Gasteiger partial charge is 0.270 e. The largest absolute Gasteiger partial charge is 0.354 e. The number of hydrogen-bond donors (Lipinski definition) is 1. The number of H-pyrrole nitrogens is 1. The second kappa shape index (κ2) is 6.04. The number of nitrogens with zero attached hydrogens (tertiary/aromatic N) is 1. The van der Waals surface area contributed by atoms with Crippen molar-refractivity contribution in [2.75, 3.05) is 13.1 Å². The topological polar surface area (TPSA) is 53.2 Å². The first-order valence-corrected chi connectivity index (χ1v) is 7.77. The molecule has 1 amide bonds. The quantitative estimate of drug-likeness (QED) is 0.864. The lowest BCUT2D eigenvalue weighted by molar-refractivity contribution is 0.0749. The molecule has 0 spiro atoms. The van der Waals surface area contributed by atoms with E-state index in [4.69, 9.17) is 0 Å². The van der Waals surface area contributed by atoms with Gasteiger partial charge in [-0.25, -0.2) is 0 Å². The Morgan fingerprint density at radius 3 is 2.57 bits per heavy atom. The van der Waals surface area contributed by atoms with Crippen molar-refractivity contribution >= 4 is 5.91 Å². The van der Waals surface area contributed by atoms with E-state index in [1.54, 1.807) is 6.92 Å².